The largest absolute Gasteiger partial charge is 0.479 e. The average molecular weight is 279 g/mol. The van der Waals surface area contributed by atoms with Crippen LogP contribution in [-0.4, -0.2) is 23.7 Å². The normalized spacial score (nSPS) is 9.76. The van der Waals surface area contributed by atoms with Crippen molar-refractivity contribution in [2.24, 2.45) is 0 Å². The monoisotopic (exact) mass is 278 g/mol. The van der Waals surface area contributed by atoms with Crippen molar-refractivity contribution in [2.45, 2.75) is 0 Å². The summed E-state index contributed by atoms with van der Waals surface area (Å²) < 4.78 is 0. The summed E-state index contributed by atoms with van der Waals surface area (Å²) in [5.74, 6) is -1.20. The van der Waals surface area contributed by atoms with Crippen LogP contribution in [0.25, 0.3) is 0 Å². The number of carbonyl (C=O) groups is 2. The van der Waals surface area contributed by atoms with Gasteiger partial charge < -0.3 is 10.4 Å². The molecule has 0 bridgehead atoms. The average Bonchev–Trinajstić information content (AvgIpc) is 2.14. The lowest BCUT2D eigenvalue weighted by molar-refractivity contribution is -0.143. The molecule has 0 atom stereocenters. The van der Waals surface area contributed by atoms with E-state index in [0.717, 1.165) is 0 Å². The van der Waals surface area contributed by atoms with E-state index in [9.17, 15) is 9.59 Å². The van der Waals surface area contributed by atoms with Crippen molar-refractivity contribution < 1.29 is 19.5 Å². The van der Waals surface area contributed by atoms with Gasteiger partial charge in [0.1, 0.15) is 0 Å². The fourth-order valence-electron chi connectivity index (χ4n) is 0.946. The van der Waals surface area contributed by atoms with Crippen LogP contribution in [0.15, 0.2) is 18.2 Å². The van der Waals surface area contributed by atoms with Crippen molar-refractivity contribution in [1.82, 2.24) is 5.48 Å². The highest BCUT2D eigenvalue weighted by atomic mass is 35.5. The van der Waals surface area contributed by atoms with Crippen molar-refractivity contribution in [1.29, 1.82) is 0 Å². The Bertz CT molecular complexity index is 419. The summed E-state index contributed by atoms with van der Waals surface area (Å²) in [6.45, 7) is -0.635. The van der Waals surface area contributed by atoms with Crippen molar-refractivity contribution in [3.8, 4) is 0 Å². The van der Waals surface area contributed by atoms with Gasteiger partial charge in [-0.25, -0.2) is 15.1 Å². The molecule has 1 aromatic carbocycles. The maximum Gasteiger partial charge on any atom is 0.343 e. The summed E-state index contributed by atoms with van der Waals surface area (Å²) in [6.07, 6.45) is 0. The molecule has 92 valence electrons. The molecule has 0 unspecified atom stereocenters. The number of nitrogens with one attached hydrogen (secondary N) is 2. The van der Waals surface area contributed by atoms with E-state index in [0.29, 0.717) is 15.7 Å². The molecule has 0 aliphatic heterocycles. The number of hydroxylamine groups is 1. The molecule has 0 aromatic heterocycles. The van der Waals surface area contributed by atoms with Crippen LogP contribution in [0.3, 0.4) is 0 Å². The number of rotatable bonds is 4. The Morgan fingerprint density at radius 2 is 1.82 bits per heavy atom. The molecule has 0 saturated heterocycles. The summed E-state index contributed by atoms with van der Waals surface area (Å²) in [5, 5.41) is 11.3. The summed E-state index contributed by atoms with van der Waals surface area (Å²) in [4.78, 5) is 25.6. The third-order valence-corrected chi connectivity index (χ3v) is 1.92. The Labute approximate surface area is 106 Å². The van der Waals surface area contributed by atoms with Crippen LogP contribution in [0.4, 0.5) is 10.5 Å². The van der Waals surface area contributed by atoms with Crippen molar-refractivity contribution in [2.75, 3.05) is 11.9 Å². The van der Waals surface area contributed by atoms with Gasteiger partial charge in [0.2, 0.25) is 0 Å². The number of carbonyl (C=O) groups excluding carboxylic acids is 1. The van der Waals surface area contributed by atoms with Gasteiger partial charge in [0.15, 0.2) is 6.61 Å². The van der Waals surface area contributed by atoms with Gasteiger partial charge in [-0.3, -0.25) is 4.84 Å². The minimum atomic E-state index is -1.20. The quantitative estimate of drug-likeness (QED) is 0.737. The van der Waals surface area contributed by atoms with Crippen LogP contribution in [0.1, 0.15) is 0 Å². The maximum absolute atomic E-state index is 11.2. The first kappa shape index (κ1) is 13.6. The highest BCUT2D eigenvalue weighted by molar-refractivity contribution is 6.35. The Balaban J connectivity index is 2.47. The standard InChI is InChI=1S/C9H8Cl2N2O4/c10-5-1-6(11)3-7(2-5)12-9(16)13-17-4-8(14)15/h1-3H,4H2,(H,14,15)(H2,12,13,16). The first-order valence-corrected chi connectivity index (χ1v) is 5.09. The lowest BCUT2D eigenvalue weighted by Gasteiger charge is -2.07. The molecule has 8 heteroatoms. The van der Waals surface area contributed by atoms with Gasteiger partial charge in [0.25, 0.3) is 0 Å². The molecule has 0 spiro atoms. The number of benzene rings is 1. The molecule has 1 aromatic rings. The zero-order valence-corrected chi connectivity index (χ0v) is 9.88. The highest BCUT2D eigenvalue weighted by Crippen LogP contribution is 2.22. The molecular formula is C9H8Cl2N2O4. The van der Waals surface area contributed by atoms with E-state index < -0.39 is 18.6 Å². The zero-order chi connectivity index (χ0) is 12.8. The van der Waals surface area contributed by atoms with E-state index in [1.54, 1.807) is 0 Å². The zero-order valence-electron chi connectivity index (χ0n) is 8.37. The van der Waals surface area contributed by atoms with Gasteiger partial charge in [-0.1, -0.05) is 23.2 Å². The van der Waals surface area contributed by atoms with Crippen LogP contribution < -0.4 is 10.8 Å². The summed E-state index contributed by atoms with van der Waals surface area (Å²) in [7, 11) is 0. The fraction of sp³-hybridized carbons (Fsp3) is 0.111. The molecule has 3 N–H and O–H groups in total. The van der Waals surface area contributed by atoms with E-state index in [2.05, 4.69) is 10.2 Å². The molecule has 6 nitrogen and oxygen atoms in total. The fourth-order valence-corrected chi connectivity index (χ4v) is 1.47. The first-order chi connectivity index (χ1) is 7.97. The number of carboxylic acid groups (broad SMARTS) is 1. The van der Waals surface area contributed by atoms with Gasteiger partial charge >= 0.3 is 12.0 Å². The van der Waals surface area contributed by atoms with E-state index >= 15 is 0 Å². The molecule has 0 saturated carbocycles. The Morgan fingerprint density at radius 1 is 1.24 bits per heavy atom. The van der Waals surface area contributed by atoms with E-state index in [1.165, 1.54) is 18.2 Å². The smallest absolute Gasteiger partial charge is 0.343 e. The molecule has 0 radical (unpaired) electrons. The lowest BCUT2D eigenvalue weighted by atomic mass is 10.3. The molecule has 1 rings (SSSR count). The topological polar surface area (TPSA) is 87.7 Å². The number of aliphatic carboxylic acids is 1. The van der Waals surface area contributed by atoms with Gasteiger partial charge in [-0.05, 0) is 18.2 Å². The molecular weight excluding hydrogens is 271 g/mol. The van der Waals surface area contributed by atoms with E-state index in [1.807, 2.05) is 5.48 Å². The van der Waals surface area contributed by atoms with Crippen molar-refractivity contribution >= 4 is 40.9 Å². The third-order valence-electron chi connectivity index (χ3n) is 1.48. The van der Waals surface area contributed by atoms with Crippen LogP contribution >= 0.6 is 23.2 Å². The second kappa shape index (κ2) is 6.29. The van der Waals surface area contributed by atoms with Crippen LogP contribution in [-0.2, 0) is 9.63 Å². The molecule has 0 aliphatic carbocycles. The summed E-state index contributed by atoms with van der Waals surface area (Å²) >= 11 is 11.4. The van der Waals surface area contributed by atoms with Gasteiger partial charge in [0, 0.05) is 15.7 Å². The molecule has 0 fully saturated rings. The SMILES string of the molecule is O=C(O)CONC(=O)Nc1cc(Cl)cc(Cl)c1. The molecule has 0 aliphatic rings. The number of halogens is 2. The van der Waals surface area contributed by atoms with Crippen molar-refractivity contribution in [3.05, 3.63) is 28.2 Å². The second-order valence-corrected chi connectivity index (χ2v) is 3.77. The molecule has 17 heavy (non-hydrogen) atoms. The Morgan fingerprint density at radius 3 is 2.35 bits per heavy atom. The Hall–Kier alpha value is -1.50. The minimum Gasteiger partial charge on any atom is -0.479 e. The number of urea groups is 1. The van der Waals surface area contributed by atoms with Gasteiger partial charge in [0.05, 0.1) is 0 Å². The van der Waals surface area contributed by atoms with Crippen LogP contribution in [0.2, 0.25) is 10.0 Å². The van der Waals surface area contributed by atoms with E-state index in [-0.39, 0.29) is 0 Å². The van der Waals surface area contributed by atoms with Crippen molar-refractivity contribution in [3.63, 3.8) is 0 Å². The Kier molecular flexibility index (Phi) is 5.02. The van der Waals surface area contributed by atoms with Crippen LogP contribution in [0, 0.1) is 0 Å². The molecule has 2 amide bonds. The number of hydrogen-bond donors (Lipinski definition) is 3. The number of carboxylic acids is 1. The lowest BCUT2D eigenvalue weighted by Crippen LogP contribution is -2.30. The van der Waals surface area contributed by atoms with Gasteiger partial charge in [-0.15, -0.1) is 0 Å². The second-order valence-electron chi connectivity index (χ2n) is 2.90. The van der Waals surface area contributed by atoms with Crippen LogP contribution in [0.5, 0.6) is 0 Å². The number of anilines is 1. The maximum atomic E-state index is 11.2. The highest BCUT2D eigenvalue weighted by Gasteiger charge is 2.04. The van der Waals surface area contributed by atoms with Gasteiger partial charge in [-0.2, -0.15) is 0 Å². The molecule has 0 heterocycles. The number of amides is 2. The number of hydrogen-bond acceptors (Lipinski definition) is 3. The predicted octanol–water partition coefficient (Wildman–Crippen LogP) is 2.13. The first-order valence-electron chi connectivity index (χ1n) is 4.34. The summed E-state index contributed by atoms with van der Waals surface area (Å²) in [5.41, 5.74) is 2.24. The predicted molar refractivity (Wildman–Crippen MR) is 62.2 cm³/mol. The van der Waals surface area contributed by atoms with E-state index in [4.69, 9.17) is 28.3 Å². The minimum absolute atomic E-state index is 0.360. The third kappa shape index (κ3) is 5.39. The summed E-state index contributed by atoms with van der Waals surface area (Å²) in [6, 6.07) is 3.73.